The molecule has 0 aromatic carbocycles. The van der Waals surface area contributed by atoms with Gasteiger partial charge >= 0.3 is 0 Å². The van der Waals surface area contributed by atoms with Gasteiger partial charge in [-0.05, 0) is 57.7 Å². The van der Waals surface area contributed by atoms with Crippen LogP contribution in [0.2, 0.25) is 0 Å². The summed E-state index contributed by atoms with van der Waals surface area (Å²) in [4.78, 5) is 2.59. The minimum atomic E-state index is 0.295. The molecular weight excluding hydrogens is 224 g/mol. The maximum Gasteiger partial charge on any atom is 0.0446 e. The lowest BCUT2D eigenvalue weighted by molar-refractivity contribution is 0.0615. The number of hydrogen-bond acceptors (Lipinski definition) is 3. The summed E-state index contributed by atoms with van der Waals surface area (Å²) in [5.74, 6) is 0. The first-order chi connectivity index (χ1) is 8.78. The summed E-state index contributed by atoms with van der Waals surface area (Å²) in [7, 11) is 2.01. The van der Waals surface area contributed by atoms with Crippen molar-refractivity contribution in [2.24, 2.45) is 5.41 Å². The van der Waals surface area contributed by atoms with E-state index < -0.39 is 0 Å². The Morgan fingerprint density at radius 3 is 2.33 bits per heavy atom. The molecule has 3 nitrogen and oxygen atoms in total. The van der Waals surface area contributed by atoms with E-state index in [1.165, 1.54) is 58.0 Å². The fourth-order valence-corrected chi connectivity index (χ4v) is 3.81. The van der Waals surface area contributed by atoms with E-state index in [1.807, 2.05) is 7.05 Å². The molecule has 1 aliphatic heterocycles. The summed E-state index contributed by atoms with van der Waals surface area (Å²) >= 11 is 0. The molecule has 106 valence electrons. The molecule has 3 heteroatoms. The first-order valence-electron chi connectivity index (χ1n) is 7.78. The van der Waals surface area contributed by atoms with Crippen LogP contribution in [0.15, 0.2) is 0 Å². The SMILES string of the molecule is CNC(CCO)CN1CCC2(CCCCC2)CC1. The molecule has 0 aromatic rings. The second-order valence-corrected chi connectivity index (χ2v) is 6.36. The summed E-state index contributed by atoms with van der Waals surface area (Å²) in [5.41, 5.74) is 0.709. The molecule has 1 spiro atoms. The average Bonchev–Trinajstić information content (AvgIpc) is 2.42. The first kappa shape index (κ1) is 14.3. The number of piperidine rings is 1. The third-order valence-electron chi connectivity index (χ3n) is 5.20. The van der Waals surface area contributed by atoms with Gasteiger partial charge in [0.05, 0.1) is 0 Å². The van der Waals surface area contributed by atoms with Gasteiger partial charge in [0.2, 0.25) is 0 Å². The summed E-state index contributed by atoms with van der Waals surface area (Å²) in [5, 5.41) is 12.4. The highest BCUT2D eigenvalue weighted by atomic mass is 16.3. The third kappa shape index (κ3) is 3.69. The van der Waals surface area contributed by atoms with Gasteiger partial charge in [-0.15, -0.1) is 0 Å². The van der Waals surface area contributed by atoms with Crippen molar-refractivity contribution in [1.82, 2.24) is 10.2 Å². The number of likely N-dealkylation sites (tertiary alicyclic amines) is 1. The summed E-state index contributed by atoms with van der Waals surface area (Å²) in [6, 6.07) is 0.454. The molecule has 18 heavy (non-hydrogen) atoms. The Balaban J connectivity index is 1.75. The summed E-state index contributed by atoms with van der Waals surface area (Å²) in [6.07, 6.45) is 11.0. The van der Waals surface area contributed by atoms with Gasteiger partial charge in [0.15, 0.2) is 0 Å². The van der Waals surface area contributed by atoms with E-state index in [4.69, 9.17) is 5.11 Å². The minimum absolute atomic E-state index is 0.295. The average molecular weight is 254 g/mol. The lowest BCUT2D eigenvalue weighted by Gasteiger charge is -2.45. The maximum atomic E-state index is 9.04. The van der Waals surface area contributed by atoms with Crippen molar-refractivity contribution in [3.05, 3.63) is 0 Å². The molecule has 0 aromatic heterocycles. The van der Waals surface area contributed by atoms with Gasteiger partial charge in [-0.25, -0.2) is 0 Å². The lowest BCUT2D eigenvalue weighted by Crippen LogP contribution is -2.46. The van der Waals surface area contributed by atoms with E-state index in [9.17, 15) is 0 Å². The van der Waals surface area contributed by atoms with Gasteiger partial charge in [0, 0.05) is 19.2 Å². The van der Waals surface area contributed by atoms with Gasteiger partial charge in [-0.3, -0.25) is 0 Å². The van der Waals surface area contributed by atoms with Crippen LogP contribution in [-0.2, 0) is 0 Å². The van der Waals surface area contributed by atoms with E-state index in [2.05, 4.69) is 10.2 Å². The maximum absolute atomic E-state index is 9.04. The quantitative estimate of drug-likeness (QED) is 0.788. The Bertz CT molecular complexity index is 229. The van der Waals surface area contributed by atoms with Crippen molar-refractivity contribution in [3.63, 3.8) is 0 Å². The molecule has 2 aliphatic rings. The molecule has 0 radical (unpaired) electrons. The van der Waals surface area contributed by atoms with Crippen LogP contribution in [0.1, 0.15) is 51.4 Å². The van der Waals surface area contributed by atoms with Gasteiger partial charge in [-0.1, -0.05) is 19.3 Å². The van der Waals surface area contributed by atoms with Crippen molar-refractivity contribution in [2.75, 3.05) is 33.3 Å². The highest BCUT2D eigenvalue weighted by Gasteiger charge is 2.35. The number of hydrogen-bond donors (Lipinski definition) is 2. The zero-order valence-corrected chi connectivity index (χ0v) is 12.0. The van der Waals surface area contributed by atoms with Crippen LogP contribution in [0.4, 0.5) is 0 Å². The van der Waals surface area contributed by atoms with Crippen molar-refractivity contribution >= 4 is 0 Å². The zero-order chi connectivity index (χ0) is 12.8. The predicted octanol–water partition coefficient (Wildman–Crippen LogP) is 2.00. The van der Waals surface area contributed by atoms with E-state index in [-0.39, 0.29) is 0 Å². The van der Waals surface area contributed by atoms with Gasteiger partial charge in [-0.2, -0.15) is 0 Å². The molecule has 1 unspecified atom stereocenters. The Kier molecular flexibility index (Phi) is 5.46. The summed E-state index contributed by atoms with van der Waals surface area (Å²) in [6.45, 7) is 3.93. The van der Waals surface area contributed by atoms with Crippen molar-refractivity contribution < 1.29 is 5.11 Å². The fraction of sp³-hybridized carbons (Fsp3) is 1.00. The van der Waals surface area contributed by atoms with Crippen molar-refractivity contribution in [2.45, 2.75) is 57.4 Å². The molecular formula is C15H30N2O. The van der Waals surface area contributed by atoms with Gasteiger partial charge < -0.3 is 15.3 Å². The lowest BCUT2D eigenvalue weighted by atomic mass is 9.68. The topological polar surface area (TPSA) is 35.5 Å². The molecule has 2 N–H and O–H groups in total. The number of nitrogens with one attached hydrogen (secondary N) is 1. The second kappa shape index (κ2) is 6.88. The Labute approximate surface area is 112 Å². The van der Waals surface area contributed by atoms with Crippen LogP contribution in [0, 0.1) is 5.41 Å². The van der Waals surface area contributed by atoms with Gasteiger partial charge in [0.1, 0.15) is 0 Å². The number of nitrogens with zero attached hydrogens (tertiary/aromatic N) is 1. The van der Waals surface area contributed by atoms with Crippen LogP contribution in [0.25, 0.3) is 0 Å². The van der Waals surface area contributed by atoms with Crippen LogP contribution >= 0.6 is 0 Å². The van der Waals surface area contributed by atoms with E-state index in [0.717, 1.165) is 13.0 Å². The Morgan fingerprint density at radius 1 is 1.11 bits per heavy atom. The fourth-order valence-electron chi connectivity index (χ4n) is 3.81. The summed E-state index contributed by atoms with van der Waals surface area (Å²) < 4.78 is 0. The number of aliphatic hydroxyl groups is 1. The second-order valence-electron chi connectivity index (χ2n) is 6.36. The molecule has 1 saturated carbocycles. The molecule has 0 bridgehead atoms. The largest absolute Gasteiger partial charge is 0.396 e. The minimum Gasteiger partial charge on any atom is -0.396 e. The van der Waals surface area contributed by atoms with Crippen molar-refractivity contribution in [1.29, 1.82) is 0 Å². The Hall–Kier alpha value is -0.120. The number of likely N-dealkylation sites (N-methyl/N-ethyl adjacent to an activating group) is 1. The monoisotopic (exact) mass is 254 g/mol. The first-order valence-corrected chi connectivity index (χ1v) is 7.78. The van der Waals surface area contributed by atoms with Crippen LogP contribution in [0.5, 0.6) is 0 Å². The molecule has 1 heterocycles. The molecule has 0 amide bonds. The van der Waals surface area contributed by atoms with E-state index in [0.29, 0.717) is 18.1 Å². The highest BCUT2D eigenvalue weighted by molar-refractivity contribution is 4.89. The van der Waals surface area contributed by atoms with E-state index >= 15 is 0 Å². The molecule has 1 aliphatic carbocycles. The van der Waals surface area contributed by atoms with Gasteiger partial charge in [0.25, 0.3) is 0 Å². The van der Waals surface area contributed by atoms with Crippen LogP contribution in [-0.4, -0.2) is 49.3 Å². The zero-order valence-electron chi connectivity index (χ0n) is 12.0. The molecule has 1 atom stereocenters. The number of aliphatic hydroxyl groups excluding tert-OH is 1. The van der Waals surface area contributed by atoms with Crippen LogP contribution in [0.3, 0.4) is 0 Å². The predicted molar refractivity (Wildman–Crippen MR) is 75.7 cm³/mol. The smallest absolute Gasteiger partial charge is 0.0446 e. The Morgan fingerprint density at radius 2 is 1.78 bits per heavy atom. The normalized spacial score (nSPS) is 26.3. The van der Waals surface area contributed by atoms with Crippen molar-refractivity contribution in [3.8, 4) is 0 Å². The molecule has 2 fully saturated rings. The van der Waals surface area contributed by atoms with E-state index in [1.54, 1.807) is 0 Å². The molecule has 1 saturated heterocycles. The number of rotatable bonds is 5. The standard InChI is InChI=1S/C15H30N2O/c1-16-14(5-12-18)13-17-10-8-15(9-11-17)6-3-2-4-7-15/h14,16,18H,2-13H2,1H3. The highest BCUT2D eigenvalue weighted by Crippen LogP contribution is 2.44. The molecule has 2 rings (SSSR count). The third-order valence-corrected chi connectivity index (χ3v) is 5.20. The van der Waals surface area contributed by atoms with Crippen LogP contribution < -0.4 is 5.32 Å².